The van der Waals surface area contributed by atoms with E-state index in [1.807, 2.05) is 0 Å². The Labute approximate surface area is 155 Å². The van der Waals surface area contributed by atoms with E-state index in [0.29, 0.717) is 24.2 Å². The number of nitrogen functional groups attached to an aromatic ring is 1. The highest BCUT2D eigenvalue weighted by Gasteiger charge is 2.28. The fourth-order valence-corrected chi connectivity index (χ4v) is 4.27. The average molecular weight is 374 g/mol. The number of nitrogens with two attached hydrogens (primary N) is 1. The summed E-state index contributed by atoms with van der Waals surface area (Å²) in [5.74, 6) is -1.98. The van der Waals surface area contributed by atoms with E-state index in [1.54, 1.807) is 10.6 Å². The minimum atomic E-state index is -1.29. The van der Waals surface area contributed by atoms with E-state index in [1.165, 1.54) is 0 Å². The number of halogens is 1. The lowest BCUT2D eigenvalue weighted by Crippen LogP contribution is -2.37. The summed E-state index contributed by atoms with van der Waals surface area (Å²) >= 11 is 0. The number of anilines is 2. The number of nitrogens with zero attached hydrogens (tertiary/aromatic N) is 2. The van der Waals surface area contributed by atoms with Crippen molar-refractivity contribution >= 4 is 28.2 Å². The lowest BCUT2D eigenvalue weighted by Gasteiger charge is -2.30. The van der Waals surface area contributed by atoms with Gasteiger partial charge in [0.25, 0.3) is 0 Å². The molecular weight excluding hydrogens is 351 g/mol. The van der Waals surface area contributed by atoms with E-state index in [9.17, 15) is 19.1 Å². The number of pyridine rings is 1. The Kier molecular flexibility index (Phi) is 4.30. The molecule has 2 aliphatic heterocycles. The highest BCUT2D eigenvalue weighted by molar-refractivity contribution is 6.00. The highest BCUT2D eigenvalue weighted by atomic mass is 19.1. The van der Waals surface area contributed by atoms with Gasteiger partial charge < -0.3 is 25.6 Å². The van der Waals surface area contributed by atoms with Crippen LogP contribution in [0.3, 0.4) is 0 Å². The molecule has 0 bridgehead atoms. The predicted octanol–water partition coefficient (Wildman–Crippen LogP) is 1.87. The maximum absolute atomic E-state index is 14.9. The van der Waals surface area contributed by atoms with Crippen LogP contribution in [0.15, 0.2) is 10.9 Å². The molecule has 0 amide bonds. The van der Waals surface area contributed by atoms with Crippen molar-refractivity contribution in [1.82, 2.24) is 9.47 Å². The third kappa shape index (κ3) is 2.84. The number of fused-ring (bicyclic) bond motifs is 3. The zero-order valence-corrected chi connectivity index (χ0v) is 15.2. The number of nitrogens with one attached hydrogen (secondary N) is 1. The van der Waals surface area contributed by atoms with Crippen LogP contribution in [0.2, 0.25) is 0 Å². The molecule has 0 aliphatic carbocycles. The molecule has 2 aliphatic rings. The predicted molar refractivity (Wildman–Crippen MR) is 102 cm³/mol. The quantitative estimate of drug-likeness (QED) is 0.709. The van der Waals surface area contributed by atoms with Crippen molar-refractivity contribution in [3.8, 4) is 0 Å². The lowest BCUT2D eigenvalue weighted by atomic mass is 10.0. The van der Waals surface area contributed by atoms with E-state index < -0.39 is 17.2 Å². The van der Waals surface area contributed by atoms with Crippen molar-refractivity contribution in [2.24, 2.45) is 0 Å². The first-order valence-electron chi connectivity index (χ1n) is 9.24. The summed E-state index contributed by atoms with van der Waals surface area (Å²) in [4.78, 5) is 26.6. The first-order chi connectivity index (χ1) is 12.9. The van der Waals surface area contributed by atoms with Crippen molar-refractivity contribution in [3.05, 3.63) is 33.4 Å². The summed E-state index contributed by atoms with van der Waals surface area (Å²) in [7, 11) is 2.06. The first kappa shape index (κ1) is 17.8. The van der Waals surface area contributed by atoms with Gasteiger partial charge >= 0.3 is 5.97 Å². The molecule has 0 radical (unpaired) electrons. The molecule has 1 fully saturated rings. The number of hydrogen-bond donors (Lipinski definition) is 3. The molecule has 7 nitrogen and oxygen atoms in total. The highest BCUT2D eigenvalue weighted by Crippen LogP contribution is 2.33. The van der Waals surface area contributed by atoms with Crippen molar-refractivity contribution in [2.45, 2.75) is 38.3 Å². The van der Waals surface area contributed by atoms with Crippen LogP contribution >= 0.6 is 0 Å². The largest absolute Gasteiger partial charge is 0.477 e. The van der Waals surface area contributed by atoms with Gasteiger partial charge in [-0.3, -0.25) is 4.79 Å². The summed E-state index contributed by atoms with van der Waals surface area (Å²) < 4.78 is 16.7. The molecule has 2 aromatic rings. The van der Waals surface area contributed by atoms with Crippen LogP contribution in [0.4, 0.5) is 15.8 Å². The monoisotopic (exact) mass is 374 g/mol. The Morgan fingerprint density at radius 3 is 2.70 bits per heavy atom. The number of carboxylic acid groups (broad SMARTS) is 1. The second kappa shape index (κ2) is 6.53. The van der Waals surface area contributed by atoms with E-state index in [2.05, 4.69) is 17.3 Å². The average Bonchev–Trinajstić information content (AvgIpc) is 3.10. The number of aromatic carboxylic acids is 1. The van der Waals surface area contributed by atoms with Gasteiger partial charge in [-0.1, -0.05) is 0 Å². The SMILES string of the molecule is CN1CCC(Nc2cc3c(c(N)c2F)c(=O)c(C(=O)O)c2n3CCC2)CC1. The van der Waals surface area contributed by atoms with Crippen LogP contribution < -0.4 is 16.5 Å². The number of likely N-dealkylation sites (tertiary alicyclic amines) is 1. The van der Waals surface area contributed by atoms with Crippen LogP contribution in [0.1, 0.15) is 35.3 Å². The zero-order valence-electron chi connectivity index (χ0n) is 15.2. The molecule has 4 rings (SSSR count). The third-order valence-electron chi connectivity index (χ3n) is 5.73. The minimum absolute atomic E-state index is 0.0375. The summed E-state index contributed by atoms with van der Waals surface area (Å²) in [6.45, 7) is 2.45. The van der Waals surface area contributed by atoms with Gasteiger partial charge in [-0.05, 0) is 51.9 Å². The van der Waals surface area contributed by atoms with Crippen LogP contribution in [0.25, 0.3) is 10.9 Å². The van der Waals surface area contributed by atoms with Crippen LogP contribution in [0, 0.1) is 5.82 Å². The summed E-state index contributed by atoms with van der Waals surface area (Å²) in [5.41, 5.74) is 5.99. The van der Waals surface area contributed by atoms with Gasteiger partial charge in [-0.25, -0.2) is 9.18 Å². The van der Waals surface area contributed by atoms with Gasteiger partial charge in [-0.15, -0.1) is 0 Å². The van der Waals surface area contributed by atoms with Crippen molar-refractivity contribution in [1.29, 1.82) is 0 Å². The maximum Gasteiger partial charge on any atom is 0.341 e. The van der Waals surface area contributed by atoms with Crippen LogP contribution in [-0.4, -0.2) is 46.7 Å². The number of carbonyl (C=O) groups is 1. The third-order valence-corrected chi connectivity index (χ3v) is 5.73. The van der Waals surface area contributed by atoms with Crippen LogP contribution in [-0.2, 0) is 13.0 Å². The molecule has 4 N–H and O–H groups in total. The van der Waals surface area contributed by atoms with E-state index in [-0.39, 0.29) is 28.4 Å². The molecule has 0 atom stereocenters. The first-order valence-corrected chi connectivity index (χ1v) is 9.24. The fourth-order valence-electron chi connectivity index (χ4n) is 4.27. The Bertz CT molecular complexity index is 993. The van der Waals surface area contributed by atoms with Crippen molar-refractivity contribution < 1.29 is 14.3 Å². The Morgan fingerprint density at radius 1 is 1.33 bits per heavy atom. The number of benzene rings is 1. The molecule has 1 aromatic carbocycles. The molecule has 0 unspecified atom stereocenters. The molecule has 144 valence electrons. The summed E-state index contributed by atoms with van der Waals surface area (Å²) in [5, 5.41) is 12.7. The van der Waals surface area contributed by atoms with E-state index in [4.69, 9.17) is 5.73 Å². The maximum atomic E-state index is 14.9. The van der Waals surface area contributed by atoms with Gasteiger partial charge in [0.15, 0.2) is 5.82 Å². The topological polar surface area (TPSA) is 101 Å². The van der Waals surface area contributed by atoms with E-state index in [0.717, 1.165) is 32.4 Å². The standard InChI is InChI=1S/C19H23FN4O3/c1-23-7-4-10(5-8-23)22-11-9-13-14(17(21)16(11)20)18(25)15(19(26)27)12-3-2-6-24(12)13/h9-10,22H,2-8,21H2,1H3,(H,26,27). The van der Waals surface area contributed by atoms with E-state index >= 15 is 0 Å². The number of aromatic nitrogens is 1. The lowest BCUT2D eigenvalue weighted by molar-refractivity contribution is 0.0694. The Morgan fingerprint density at radius 2 is 2.04 bits per heavy atom. The van der Waals surface area contributed by atoms with Gasteiger partial charge in [-0.2, -0.15) is 0 Å². The Balaban J connectivity index is 1.87. The number of piperidine rings is 1. The minimum Gasteiger partial charge on any atom is -0.477 e. The van der Waals surface area contributed by atoms with Crippen molar-refractivity contribution in [3.63, 3.8) is 0 Å². The van der Waals surface area contributed by atoms with Gasteiger partial charge in [0.05, 0.1) is 22.3 Å². The van der Waals surface area contributed by atoms with Crippen LogP contribution in [0.5, 0.6) is 0 Å². The molecular formula is C19H23FN4O3. The zero-order chi connectivity index (χ0) is 19.3. The number of hydrogen-bond acceptors (Lipinski definition) is 5. The molecule has 27 heavy (non-hydrogen) atoms. The normalized spacial score (nSPS) is 18.0. The smallest absolute Gasteiger partial charge is 0.341 e. The summed E-state index contributed by atoms with van der Waals surface area (Å²) in [6.07, 6.45) is 3.05. The number of carboxylic acids is 1. The fraction of sp³-hybridized carbons (Fsp3) is 0.474. The molecule has 3 heterocycles. The molecule has 0 saturated carbocycles. The second-order valence-corrected chi connectivity index (χ2v) is 7.48. The van der Waals surface area contributed by atoms with Gasteiger partial charge in [0.1, 0.15) is 5.56 Å². The summed E-state index contributed by atoms with van der Waals surface area (Å²) in [6, 6.07) is 1.75. The van der Waals surface area contributed by atoms with Gasteiger partial charge in [0, 0.05) is 18.3 Å². The molecule has 1 aromatic heterocycles. The molecule has 0 spiro atoms. The number of aryl methyl sites for hydroxylation is 1. The second-order valence-electron chi connectivity index (χ2n) is 7.48. The Hall–Kier alpha value is -2.61. The molecule has 1 saturated heterocycles. The molecule has 8 heteroatoms. The van der Waals surface area contributed by atoms with Crippen molar-refractivity contribution in [2.75, 3.05) is 31.2 Å². The number of rotatable bonds is 3. The van der Waals surface area contributed by atoms with Gasteiger partial charge in [0.2, 0.25) is 5.43 Å².